The van der Waals surface area contributed by atoms with Gasteiger partial charge in [0.1, 0.15) is 19.0 Å². The van der Waals surface area contributed by atoms with E-state index in [1.54, 1.807) is 20.8 Å². The molecule has 0 radical (unpaired) electrons. The van der Waals surface area contributed by atoms with Crippen molar-refractivity contribution in [3.05, 3.63) is 94.0 Å². The molecular formula is C29H28N2O9. The fourth-order valence-electron chi connectivity index (χ4n) is 4.70. The summed E-state index contributed by atoms with van der Waals surface area (Å²) < 4.78 is 15.7. The molecule has 0 saturated carbocycles. The Hall–Kier alpha value is -4.93. The molecule has 0 aromatic heterocycles. The highest BCUT2D eigenvalue weighted by molar-refractivity contribution is 5.82. The normalized spacial score (nSPS) is 13.0. The van der Waals surface area contributed by atoms with Crippen LogP contribution in [0.5, 0.6) is 5.75 Å². The molecule has 1 aliphatic carbocycles. The number of nitro groups is 1. The maximum absolute atomic E-state index is 13.4. The summed E-state index contributed by atoms with van der Waals surface area (Å²) in [7, 11) is 0. The number of carboxylic acid groups (broad SMARTS) is 1. The number of rotatable bonds is 8. The Balaban J connectivity index is 1.45. The van der Waals surface area contributed by atoms with E-state index >= 15 is 0 Å². The topological polar surface area (TPSA) is 146 Å². The molecule has 1 amide bonds. The van der Waals surface area contributed by atoms with E-state index in [4.69, 9.17) is 14.2 Å². The summed E-state index contributed by atoms with van der Waals surface area (Å²) in [6.07, 6.45) is -2.12. The van der Waals surface area contributed by atoms with Gasteiger partial charge in [0.05, 0.1) is 4.92 Å². The lowest BCUT2D eigenvalue weighted by molar-refractivity contribution is -0.384. The third-order valence-corrected chi connectivity index (χ3v) is 6.46. The van der Waals surface area contributed by atoms with Crippen molar-refractivity contribution >= 4 is 23.9 Å². The second kappa shape index (κ2) is 11.4. The van der Waals surface area contributed by atoms with Gasteiger partial charge in [-0.3, -0.25) is 15.0 Å². The van der Waals surface area contributed by atoms with Crippen molar-refractivity contribution in [2.24, 2.45) is 0 Å². The van der Waals surface area contributed by atoms with E-state index in [1.165, 1.54) is 12.1 Å². The Labute approximate surface area is 230 Å². The minimum absolute atomic E-state index is 0.0190. The van der Waals surface area contributed by atoms with Crippen LogP contribution >= 0.6 is 0 Å². The maximum Gasteiger partial charge on any atom is 0.513 e. The SMILES string of the molecule is CC(C)(C)N(C(=O)OCC1c2ccccc2-c2ccccc21)C(COC(=O)Oc1ccc([N+](=O)[O-])cc1)C(=O)O. The fraction of sp³-hybridized carbons (Fsp3) is 0.276. The van der Waals surface area contributed by atoms with Gasteiger partial charge in [-0.2, -0.15) is 0 Å². The van der Waals surface area contributed by atoms with Gasteiger partial charge < -0.3 is 19.3 Å². The molecule has 208 valence electrons. The molecule has 3 aromatic carbocycles. The third-order valence-electron chi connectivity index (χ3n) is 6.46. The standard InChI is InChI=1S/C29H28N2O9/c1-29(2,3)30(25(26(32)33)17-39-28(35)40-19-14-12-18(13-15-19)31(36)37)27(34)38-16-24-22-10-6-4-8-20(22)21-9-5-7-11-23(21)24/h4-15,24-25H,16-17H2,1-3H3,(H,32,33). The summed E-state index contributed by atoms with van der Waals surface area (Å²) in [5.41, 5.74) is 2.90. The molecule has 1 unspecified atom stereocenters. The minimum atomic E-state index is -1.58. The van der Waals surface area contributed by atoms with Crippen LogP contribution in [0.3, 0.4) is 0 Å². The van der Waals surface area contributed by atoms with Gasteiger partial charge in [-0.15, -0.1) is 0 Å². The number of hydrogen-bond acceptors (Lipinski definition) is 8. The third kappa shape index (κ3) is 6.04. The number of amides is 1. The van der Waals surface area contributed by atoms with E-state index in [9.17, 15) is 29.6 Å². The molecule has 0 bridgehead atoms. The maximum atomic E-state index is 13.4. The van der Waals surface area contributed by atoms with Crippen molar-refractivity contribution in [3.63, 3.8) is 0 Å². The molecule has 3 aromatic rings. The van der Waals surface area contributed by atoms with Crippen LogP contribution in [-0.4, -0.2) is 57.9 Å². The van der Waals surface area contributed by atoms with Crippen LogP contribution in [-0.2, 0) is 14.3 Å². The first-order valence-electron chi connectivity index (χ1n) is 12.4. The summed E-state index contributed by atoms with van der Waals surface area (Å²) in [5.74, 6) is -1.67. The number of carbonyl (C=O) groups excluding carboxylic acids is 2. The number of benzene rings is 3. The predicted octanol–water partition coefficient (Wildman–Crippen LogP) is 5.61. The number of non-ortho nitro benzene ring substituents is 1. The van der Waals surface area contributed by atoms with Gasteiger partial charge in [-0.1, -0.05) is 48.5 Å². The van der Waals surface area contributed by atoms with Gasteiger partial charge in [0.2, 0.25) is 0 Å². The van der Waals surface area contributed by atoms with Gasteiger partial charge in [-0.05, 0) is 55.2 Å². The molecule has 40 heavy (non-hydrogen) atoms. The number of ether oxygens (including phenoxy) is 3. The Morgan fingerprint density at radius 3 is 1.98 bits per heavy atom. The molecule has 0 aliphatic heterocycles. The van der Waals surface area contributed by atoms with Crippen LogP contribution in [0, 0.1) is 10.1 Å². The fourth-order valence-corrected chi connectivity index (χ4v) is 4.70. The number of carboxylic acids is 1. The largest absolute Gasteiger partial charge is 0.513 e. The van der Waals surface area contributed by atoms with Crippen LogP contribution in [0.2, 0.25) is 0 Å². The summed E-state index contributed by atoms with van der Waals surface area (Å²) in [6.45, 7) is 4.18. The average molecular weight is 549 g/mol. The van der Waals surface area contributed by atoms with Gasteiger partial charge in [0.25, 0.3) is 5.69 Å². The number of fused-ring (bicyclic) bond motifs is 3. The van der Waals surface area contributed by atoms with E-state index in [0.717, 1.165) is 39.3 Å². The molecule has 4 rings (SSSR count). The Bertz CT molecular complexity index is 1380. The summed E-state index contributed by atoms with van der Waals surface area (Å²) in [4.78, 5) is 49.0. The number of hydrogen-bond donors (Lipinski definition) is 1. The molecule has 1 aliphatic rings. The van der Waals surface area contributed by atoms with Crippen molar-refractivity contribution in [1.29, 1.82) is 0 Å². The molecule has 0 heterocycles. The molecule has 11 heteroatoms. The zero-order chi connectivity index (χ0) is 29.0. The molecular weight excluding hydrogens is 520 g/mol. The number of aliphatic carboxylic acids is 1. The first-order valence-corrected chi connectivity index (χ1v) is 12.4. The van der Waals surface area contributed by atoms with Gasteiger partial charge in [0, 0.05) is 23.6 Å². The Morgan fingerprint density at radius 1 is 0.925 bits per heavy atom. The lowest BCUT2D eigenvalue weighted by atomic mass is 9.98. The highest BCUT2D eigenvalue weighted by Crippen LogP contribution is 2.44. The summed E-state index contributed by atoms with van der Waals surface area (Å²) in [6, 6.07) is 18.8. The van der Waals surface area contributed by atoms with Crippen LogP contribution in [0.4, 0.5) is 15.3 Å². The van der Waals surface area contributed by atoms with Crippen molar-refractivity contribution in [1.82, 2.24) is 4.90 Å². The van der Waals surface area contributed by atoms with Crippen LogP contribution in [0.1, 0.15) is 37.8 Å². The minimum Gasteiger partial charge on any atom is -0.480 e. The lowest BCUT2D eigenvalue weighted by Crippen LogP contribution is -2.57. The summed E-state index contributed by atoms with van der Waals surface area (Å²) in [5, 5.41) is 20.7. The Kier molecular flexibility index (Phi) is 8.03. The van der Waals surface area contributed by atoms with Crippen LogP contribution in [0.25, 0.3) is 11.1 Å². The van der Waals surface area contributed by atoms with Crippen molar-refractivity contribution in [3.8, 4) is 16.9 Å². The first kappa shape index (κ1) is 28.1. The van der Waals surface area contributed by atoms with E-state index < -0.39 is 41.3 Å². The van der Waals surface area contributed by atoms with Gasteiger partial charge in [-0.25, -0.2) is 14.4 Å². The Morgan fingerprint density at radius 2 is 1.48 bits per heavy atom. The van der Waals surface area contributed by atoms with E-state index in [1.807, 2.05) is 48.5 Å². The van der Waals surface area contributed by atoms with Crippen LogP contribution in [0.15, 0.2) is 72.8 Å². The number of carbonyl (C=O) groups is 3. The highest BCUT2D eigenvalue weighted by Gasteiger charge is 2.40. The second-order valence-corrected chi connectivity index (χ2v) is 10.1. The smallest absolute Gasteiger partial charge is 0.480 e. The molecule has 11 nitrogen and oxygen atoms in total. The molecule has 1 N–H and O–H groups in total. The quantitative estimate of drug-likeness (QED) is 0.164. The second-order valence-electron chi connectivity index (χ2n) is 10.1. The van der Waals surface area contributed by atoms with E-state index in [0.29, 0.717) is 0 Å². The number of nitro benzene ring substituents is 1. The van der Waals surface area contributed by atoms with Crippen molar-refractivity contribution in [2.45, 2.75) is 38.3 Å². The first-order chi connectivity index (χ1) is 19.0. The van der Waals surface area contributed by atoms with E-state index in [-0.39, 0.29) is 24.0 Å². The van der Waals surface area contributed by atoms with E-state index in [2.05, 4.69) is 0 Å². The number of nitrogens with zero attached hydrogens (tertiary/aromatic N) is 2. The highest BCUT2D eigenvalue weighted by atomic mass is 16.7. The summed E-state index contributed by atoms with van der Waals surface area (Å²) >= 11 is 0. The average Bonchev–Trinajstić information content (AvgIpc) is 3.22. The zero-order valence-corrected chi connectivity index (χ0v) is 22.1. The molecule has 0 saturated heterocycles. The lowest BCUT2D eigenvalue weighted by Gasteiger charge is -2.38. The van der Waals surface area contributed by atoms with Crippen LogP contribution < -0.4 is 4.74 Å². The van der Waals surface area contributed by atoms with Crippen molar-refractivity contribution in [2.75, 3.05) is 13.2 Å². The van der Waals surface area contributed by atoms with Crippen molar-refractivity contribution < 1.29 is 38.6 Å². The predicted molar refractivity (Wildman–Crippen MR) is 143 cm³/mol. The molecule has 0 spiro atoms. The van der Waals surface area contributed by atoms with Gasteiger partial charge in [0.15, 0.2) is 6.04 Å². The van der Waals surface area contributed by atoms with Gasteiger partial charge >= 0.3 is 18.2 Å². The molecule has 1 atom stereocenters. The zero-order valence-electron chi connectivity index (χ0n) is 22.1. The monoisotopic (exact) mass is 548 g/mol. The molecule has 0 fully saturated rings.